The Morgan fingerprint density at radius 3 is 2.35 bits per heavy atom. The standard InChI is InChI=1S/C16H23N3S/c1-11-5-12(2)7-14(6-11)16(8-17)19(4)9-15-10-20-13(3)18-15/h5-7,10,16H,8-9,17H2,1-4H3. The number of benzene rings is 1. The van der Waals surface area contributed by atoms with Crippen molar-refractivity contribution in [3.63, 3.8) is 0 Å². The maximum Gasteiger partial charge on any atom is 0.0897 e. The van der Waals surface area contributed by atoms with Crippen LogP contribution in [0.5, 0.6) is 0 Å². The lowest BCUT2D eigenvalue weighted by Gasteiger charge is -2.27. The molecule has 0 aliphatic heterocycles. The average Bonchev–Trinajstić information content (AvgIpc) is 2.74. The van der Waals surface area contributed by atoms with Gasteiger partial charge in [0, 0.05) is 24.5 Å². The number of nitrogens with zero attached hydrogens (tertiary/aromatic N) is 2. The number of likely N-dealkylation sites (N-methyl/N-ethyl adjacent to an activating group) is 1. The SMILES string of the molecule is Cc1cc(C)cc(C(CN)N(C)Cc2csc(C)n2)c1. The average molecular weight is 289 g/mol. The van der Waals surface area contributed by atoms with Gasteiger partial charge in [0.1, 0.15) is 0 Å². The van der Waals surface area contributed by atoms with E-state index in [4.69, 9.17) is 5.73 Å². The first-order valence-electron chi connectivity index (χ1n) is 6.89. The molecule has 2 N–H and O–H groups in total. The number of rotatable bonds is 5. The highest BCUT2D eigenvalue weighted by Crippen LogP contribution is 2.23. The van der Waals surface area contributed by atoms with Crippen molar-refractivity contribution in [1.29, 1.82) is 0 Å². The lowest BCUT2D eigenvalue weighted by molar-refractivity contribution is 0.239. The summed E-state index contributed by atoms with van der Waals surface area (Å²) in [5.41, 5.74) is 11.0. The molecular weight excluding hydrogens is 266 g/mol. The Hall–Kier alpha value is -1.23. The first kappa shape index (κ1) is 15.2. The number of hydrogen-bond acceptors (Lipinski definition) is 4. The van der Waals surface area contributed by atoms with Crippen molar-refractivity contribution < 1.29 is 0 Å². The molecule has 1 aromatic carbocycles. The highest BCUT2D eigenvalue weighted by atomic mass is 32.1. The van der Waals surface area contributed by atoms with Gasteiger partial charge in [-0.25, -0.2) is 4.98 Å². The molecule has 0 amide bonds. The van der Waals surface area contributed by atoms with E-state index >= 15 is 0 Å². The van der Waals surface area contributed by atoms with Crippen molar-refractivity contribution in [2.45, 2.75) is 33.4 Å². The number of aromatic nitrogens is 1. The minimum atomic E-state index is 0.232. The molecule has 1 aromatic heterocycles. The van der Waals surface area contributed by atoms with Crippen molar-refractivity contribution in [3.8, 4) is 0 Å². The molecule has 4 heteroatoms. The maximum atomic E-state index is 6.01. The van der Waals surface area contributed by atoms with E-state index < -0.39 is 0 Å². The van der Waals surface area contributed by atoms with E-state index in [0.29, 0.717) is 6.54 Å². The quantitative estimate of drug-likeness (QED) is 0.919. The van der Waals surface area contributed by atoms with Crippen LogP contribution in [0.2, 0.25) is 0 Å². The maximum absolute atomic E-state index is 6.01. The topological polar surface area (TPSA) is 42.1 Å². The minimum absolute atomic E-state index is 0.232. The molecule has 2 rings (SSSR count). The van der Waals surface area contributed by atoms with Crippen LogP contribution >= 0.6 is 11.3 Å². The summed E-state index contributed by atoms with van der Waals surface area (Å²) < 4.78 is 0. The molecule has 0 bridgehead atoms. The summed E-state index contributed by atoms with van der Waals surface area (Å²) in [6, 6.07) is 6.89. The predicted octanol–water partition coefficient (Wildman–Crippen LogP) is 3.20. The molecule has 20 heavy (non-hydrogen) atoms. The van der Waals surface area contributed by atoms with Gasteiger partial charge in [-0.05, 0) is 33.4 Å². The fourth-order valence-corrected chi connectivity index (χ4v) is 3.22. The molecule has 1 unspecified atom stereocenters. The van der Waals surface area contributed by atoms with Crippen molar-refractivity contribution >= 4 is 11.3 Å². The van der Waals surface area contributed by atoms with Crippen molar-refractivity contribution in [3.05, 3.63) is 51.0 Å². The second kappa shape index (κ2) is 6.48. The van der Waals surface area contributed by atoms with E-state index in [0.717, 1.165) is 17.2 Å². The Morgan fingerprint density at radius 2 is 1.85 bits per heavy atom. The van der Waals surface area contributed by atoms with Crippen LogP contribution in [0.1, 0.15) is 33.4 Å². The Kier molecular flexibility index (Phi) is 4.91. The van der Waals surface area contributed by atoms with Crippen LogP contribution in [0.15, 0.2) is 23.6 Å². The lowest BCUT2D eigenvalue weighted by Crippen LogP contribution is -2.30. The fraction of sp³-hybridized carbons (Fsp3) is 0.438. The van der Waals surface area contributed by atoms with Crippen LogP contribution in [0.4, 0.5) is 0 Å². The van der Waals surface area contributed by atoms with Crippen LogP contribution in [0.25, 0.3) is 0 Å². The Balaban J connectivity index is 2.18. The van der Waals surface area contributed by atoms with Crippen LogP contribution < -0.4 is 5.73 Å². The molecule has 0 radical (unpaired) electrons. The number of hydrogen-bond donors (Lipinski definition) is 1. The summed E-state index contributed by atoms with van der Waals surface area (Å²) in [6.07, 6.45) is 0. The van der Waals surface area contributed by atoms with E-state index in [2.05, 4.69) is 54.4 Å². The third-order valence-electron chi connectivity index (χ3n) is 3.46. The first-order valence-corrected chi connectivity index (χ1v) is 7.77. The molecule has 0 aliphatic carbocycles. The molecule has 2 aromatic rings. The molecule has 1 heterocycles. The van der Waals surface area contributed by atoms with E-state index in [-0.39, 0.29) is 6.04 Å². The zero-order chi connectivity index (χ0) is 14.7. The summed E-state index contributed by atoms with van der Waals surface area (Å²) in [4.78, 5) is 6.81. The van der Waals surface area contributed by atoms with E-state index in [9.17, 15) is 0 Å². The van der Waals surface area contributed by atoms with Gasteiger partial charge in [-0.1, -0.05) is 29.3 Å². The monoisotopic (exact) mass is 289 g/mol. The van der Waals surface area contributed by atoms with Gasteiger partial charge in [-0.2, -0.15) is 0 Å². The summed E-state index contributed by atoms with van der Waals surface area (Å²) in [5, 5.41) is 3.24. The first-order chi connectivity index (χ1) is 9.49. The highest BCUT2D eigenvalue weighted by Gasteiger charge is 2.17. The molecule has 0 spiro atoms. The summed E-state index contributed by atoms with van der Waals surface area (Å²) in [6.45, 7) is 7.75. The highest BCUT2D eigenvalue weighted by molar-refractivity contribution is 7.09. The van der Waals surface area contributed by atoms with Crippen LogP contribution in [0.3, 0.4) is 0 Å². The van der Waals surface area contributed by atoms with Crippen LogP contribution in [-0.4, -0.2) is 23.5 Å². The zero-order valence-electron chi connectivity index (χ0n) is 12.7. The Labute approximate surface area is 125 Å². The van der Waals surface area contributed by atoms with Crippen molar-refractivity contribution in [1.82, 2.24) is 9.88 Å². The van der Waals surface area contributed by atoms with Gasteiger partial charge in [-0.3, -0.25) is 4.90 Å². The van der Waals surface area contributed by atoms with Crippen LogP contribution in [-0.2, 0) is 6.54 Å². The second-order valence-electron chi connectivity index (χ2n) is 5.45. The summed E-state index contributed by atoms with van der Waals surface area (Å²) in [5.74, 6) is 0. The van der Waals surface area contributed by atoms with Gasteiger partial charge in [0.25, 0.3) is 0 Å². The minimum Gasteiger partial charge on any atom is -0.329 e. The molecule has 0 saturated carbocycles. The van der Waals surface area contributed by atoms with Crippen LogP contribution in [0, 0.1) is 20.8 Å². The summed E-state index contributed by atoms with van der Waals surface area (Å²) >= 11 is 1.70. The molecule has 3 nitrogen and oxygen atoms in total. The van der Waals surface area contributed by atoms with Gasteiger partial charge in [0.2, 0.25) is 0 Å². The van der Waals surface area contributed by atoms with E-state index in [1.165, 1.54) is 16.7 Å². The van der Waals surface area contributed by atoms with Gasteiger partial charge in [0.05, 0.1) is 10.7 Å². The molecule has 0 saturated heterocycles. The Morgan fingerprint density at radius 1 is 1.20 bits per heavy atom. The molecule has 0 fully saturated rings. The van der Waals surface area contributed by atoms with Crippen molar-refractivity contribution in [2.75, 3.05) is 13.6 Å². The fourth-order valence-electron chi connectivity index (χ4n) is 2.62. The second-order valence-corrected chi connectivity index (χ2v) is 6.51. The summed E-state index contributed by atoms with van der Waals surface area (Å²) in [7, 11) is 2.11. The van der Waals surface area contributed by atoms with Gasteiger partial charge in [-0.15, -0.1) is 11.3 Å². The zero-order valence-corrected chi connectivity index (χ0v) is 13.5. The molecular formula is C16H23N3S. The largest absolute Gasteiger partial charge is 0.329 e. The van der Waals surface area contributed by atoms with E-state index in [1.54, 1.807) is 11.3 Å². The number of aryl methyl sites for hydroxylation is 3. The predicted molar refractivity (Wildman–Crippen MR) is 86.0 cm³/mol. The normalized spacial score (nSPS) is 12.9. The third kappa shape index (κ3) is 3.66. The van der Waals surface area contributed by atoms with Gasteiger partial charge in [0.15, 0.2) is 0 Å². The Bertz CT molecular complexity index is 557. The van der Waals surface area contributed by atoms with E-state index in [1.807, 2.05) is 6.92 Å². The van der Waals surface area contributed by atoms with Gasteiger partial charge < -0.3 is 5.73 Å². The molecule has 108 valence electrons. The number of nitrogens with two attached hydrogens (primary N) is 1. The number of thiazole rings is 1. The van der Waals surface area contributed by atoms with Crippen molar-refractivity contribution in [2.24, 2.45) is 5.73 Å². The molecule has 1 atom stereocenters. The third-order valence-corrected chi connectivity index (χ3v) is 4.28. The smallest absolute Gasteiger partial charge is 0.0897 e. The molecule has 0 aliphatic rings. The lowest BCUT2D eigenvalue weighted by atomic mass is 10.0. The van der Waals surface area contributed by atoms with Gasteiger partial charge >= 0.3 is 0 Å².